The molecule has 0 fully saturated rings. The third-order valence-electron chi connectivity index (χ3n) is 3.30. The molecule has 0 aliphatic carbocycles. The summed E-state index contributed by atoms with van der Waals surface area (Å²) in [6.07, 6.45) is 5.22. The van der Waals surface area contributed by atoms with Gasteiger partial charge in [-0.1, -0.05) is 40.5 Å². The van der Waals surface area contributed by atoms with Gasteiger partial charge in [-0.2, -0.15) is 23.3 Å². The number of aromatic nitrogens is 4. The Hall–Kier alpha value is -3.61. The maximum atomic E-state index is 12.5. The average molecular weight is 375 g/mol. The molecule has 0 N–H and O–H groups in total. The predicted octanol–water partition coefficient (Wildman–Crippen LogP) is 2.98. The van der Waals surface area contributed by atoms with Gasteiger partial charge in [0.05, 0.1) is 19.0 Å². The molecule has 7 nitrogen and oxygen atoms in total. The van der Waals surface area contributed by atoms with Crippen LogP contribution >= 0.6 is 0 Å². The lowest BCUT2D eigenvalue weighted by Crippen LogP contribution is -2.04. The molecule has 0 atom stereocenters. The molecule has 0 saturated carbocycles. The van der Waals surface area contributed by atoms with E-state index < -0.39 is 12.1 Å². The number of alkyl halides is 3. The highest BCUT2D eigenvalue weighted by Crippen LogP contribution is 2.29. The highest BCUT2D eigenvalue weighted by Gasteiger charge is 2.38. The highest BCUT2D eigenvalue weighted by molar-refractivity contribution is 5.78. The first-order chi connectivity index (χ1) is 13.0. The van der Waals surface area contributed by atoms with Gasteiger partial charge in [-0.05, 0) is 5.56 Å². The van der Waals surface area contributed by atoms with Crippen LogP contribution in [0.4, 0.5) is 13.2 Å². The van der Waals surface area contributed by atoms with Crippen LogP contribution in [-0.4, -0.2) is 32.7 Å². The van der Waals surface area contributed by atoms with Gasteiger partial charge in [0, 0.05) is 17.3 Å². The largest absolute Gasteiger partial charge is 0.471 e. The fraction of sp³-hybridized carbons (Fsp3) is 0.176. The van der Waals surface area contributed by atoms with Gasteiger partial charge in [0.25, 0.3) is 0 Å². The molecule has 3 rings (SSSR count). The topological polar surface area (TPSA) is 78.3 Å². The predicted molar refractivity (Wildman–Crippen MR) is 88.4 cm³/mol. The Labute approximate surface area is 151 Å². The first kappa shape index (κ1) is 18.2. The van der Waals surface area contributed by atoms with Crippen molar-refractivity contribution in [3.05, 3.63) is 53.7 Å². The second-order valence-electron chi connectivity index (χ2n) is 5.30. The van der Waals surface area contributed by atoms with Crippen LogP contribution in [0.15, 0.2) is 46.3 Å². The van der Waals surface area contributed by atoms with E-state index in [4.69, 9.17) is 11.3 Å². The molecule has 2 aromatic heterocycles. The number of hydrogen-bond donors (Lipinski definition) is 0. The standard InChI is InChI=1S/C17H12F3N5O2/c1-2-7-26-22-9-13-8-21-25(11-13)10-12-3-5-14(6-4-12)15-23-16(27-24-15)17(18,19)20/h1,3-6,8-9,11H,7,10H2/b22-9+. The third kappa shape index (κ3) is 4.72. The smallest absolute Gasteiger partial charge is 0.383 e. The van der Waals surface area contributed by atoms with E-state index in [1.165, 1.54) is 6.21 Å². The third-order valence-corrected chi connectivity index (χ3v) is 3.30. The highest BCUT2D eigenvalue weighted by atomic mass is 19.4. The Morgan fingerprint density at radius 2 is 2.07 bits per heavy atom. The minimum atomic E-state index is -4.67. The molecule has 0 aliphatic rings. The summed E-state index contributed by atoms with van der Waals surface area (Å²) in [4.78, 5) is 8.15. The van der Waals surface area contributed by atoms with Crippen LogP contribution < -0.4 is 0 Å². The zero-order valence-electron chi connectivity index (χ0n) is 13.7. The zero-order valence-corrected chi connectivity index (χ0v) is 13.7. The molecule has 138 valence electrons. The fourth-order valence-electron chi connectivity index (χ4n) is 2.11. The van der Waals surface area contributed by atoms with Crippen molar-refractivity contribution in [1.82, 2.24) is 19.9 Å². The van der Waals surface area contributed by atoms with Crippen molar-refractivity contribution < 1.29 is 22.5 Å². The van der Waals surface area contributed by atoms with Crippen molar-refractivity contribution in [2.24, 2.45) is 5.16 Å². The van der Waals surface area contributed by atoms with E-state index in [0.29, 0.717) is 12.1 Å². The Bertz CT molecular complexity index is 968. The van der Waals surface area contributed by atoms with Crippen molar-refractivity contribution in [3.8, 4) is 23.7 Å². The van der Waals surface area contributed by atoms with Crippen molar-refractivity contribution in [3.63, 3.8) is 0 Å². The molecule has 2 heterocycles. The van der Waals surface area contributed by atoms with E-state index in [1.54, 1.807) is 41.3 Å². The molecular weight excluding hydrogens is 363 g/mol. The molecule has 0 unspecified atom stereocenters. The van der Waals surface area contributed by atoms with Gasteiger partial charge in [-0.3, -0.25) is 4.68 Å². The molecule has 0 aliphatic heterocycles. The Balaban J connectivity index is 1.64. The number of halogens is 3. The van der Waals surface area contributed by atoms with Crippen LogP contribution in [0.1, 0.15) is 17.0 Å². The lowest BCUT2D eigenvalue weighted by atomic mass is 10.1. The average Bonchev–Trinajstić information content (AvgIpc) is 3.29. The summed E-state index contributed by atoms with van der Waals surface area (Å²) in [6.45, 7) is 0.543. The van der Waals surface area contributed by atoms with Gasteiger partial charge >= 0.3 is 12.1 Å². The summed E-state index contributed by atoms with van der Waals surface area (Å²) in [5.41, 5.74) is 2.03. The van der Waals surface area contributed by atoms with Crippen LogP contribution in [0.2, 0.25) is 0 Å². The molecular formula is C17H12F3N5O2. The molecule has 10 heteroatoms. The molecule has 0 radical (unpaired) electrons. The van der Waals surface area contributed by atoms with E-state index in [0.717, 1.165) is 11.1 Å². The number of oxime groups is 1. The van der Waals surface area contributed by atoms with Gasteiger partial charge in [-0.15, -0.1) is 6.42 Å². The first-order valence-electron chi connectivity index (χ1n) is 7.57. The van der Waals surface area contributed by atoms with E-state index in [2.05, 4.69) is 30.8 Å². The van der Waals surface area contributed by atoms with Crippen LogP contribution in [0.5, 0.6) is 0 Å². The Morgan fingerprint density at radius 1 is 1.30 bits per heavy atom. The minimum absolute atomic E-state index is 0.0851. The van der Waals surface area contributed by atoms with Gasteiger partial charge in [0.1, 0.15) is 0 Å². The number of nitrogens with zero attached hydrogens (tertiary/aromatic N) is 5. The summed E-state index contributed by atoms with van der Waals surface area (Å²) < 4.78 is 43.4. The summed E-state index contributed by atoms with van der Waals surface area (Å²) in [5.74, 6) is 0.787. The minimum Gasteiger partial charge on any atom is -0.383 e. The van der Waals surface area contributed by atoms with Crippen molar-refractivity contribution >= 4 is 6.21 Å². The number of benzene rings is 1. The van der Waals surface area contributed by atoms with Crippen molar-refractivity contribution in [2.75, 3.05) is 6.61 Å². The van der Waals surface area contributed by atoms with Gasteiger partial charge in [-0.25, -0.2) is 0 Å². The van der Waals surface area contributed by atoms with Gasteiger partial charge < -0.3 is 9.36 Å². The van der Waals surface area contributed by atoms with Gasteiger partial charge in [0.2, 0.25) is 5.82 Å². The second-order valence-corrected chi connectivity index (χ2v) is 5.30. The summed E-state index contributed by atoms with van der Waals surface area (Å²) in [5, 5.41) is 11.2. The number of rotatable bonds is 6. The molecule has 1 aromatic carbocycles. The first-order valence-corrected chi connectivity index (χ1v) is 7.57. The lowest BCUT2D eigenvalue weighted by molar-refractivity contribution is -0.159. The summed E-state index contributed by atoms with van der Waals surface area (Å²) in [7, 11) is 0. The molecule has 0 amide bonds. The molecule has 0 saturated heterocycles. The van der Waals surface area contributed by atoms with Crippen LogP contribution in [0, 0.1) is 12.3 Å². The SMILES string of the molecule is C#CCO/N=C/c1cnn(Cc2ccc(-c3noc(C(F)(F)F)n3)cc2)c1. The number of terminal acetylenes is 1. The van der Waals surface area contributed by atoms with E-state index in [1.807, 2.05) is 0 Å². The van der Waals surface area contributed by atoms with E-state index in [-0.39, 0.29) is 12.4 Å². The molecule has 0 bridgehead atoms. The monoisotopic (exact) mass is 375 g/mol. The molecule has 27 heavy (non-hydrogen) atoms. The number of hydrogen-bond acceptors (Lipinski definition) is 6. The Morgan fingerprint density at radius 3 is 2.74 bits per heavy atom. The van der Waals surface area contributed by atoms with Crippen molar-refractivity contribution in [1.29, 1.82) is 0 Å². The maximum absolute atomic E-state index is 12.5. The van der Waals surface area contributed by atoms with Crippen molar-refractivity contribution in [2.45, 2.75) is 12.7 Å². The summed E-state index contributed by atoms with van der Waals surface area (Å²) >= 11 is 0. The van der Waals surface area contributed by atoms with Crippen LogP contribution in [0.3, 0.4) is 0 Å². The van der Waals surface area contributed by atoms with E-state index >= 15 is 0 Å². The summed E-state index contributed by atoms with van der Waals surface area (Å²) in [6, 6.07) is 6.70. The maximum Gasteiger partial charge on any atom is 0.471 e. The quantitative estimate of drug-likeness (QED) is 0.286. The zero-order chi connectivity index (χ0) is 19.3. The van der Waals surface area contributed by atoms with Crippen LogP contribution in [0.25, 0.3) is 11.4 Å². The van der Waals surface area contributed by atoms with Crippen LogP contribution in [-0.2, 0) is 17.6 Å². The fourth-order valence-corrected chi connectivity index (χ4v) is 2.11. The Kier molecular flexibility index (Phi) is 5.21. The normalized spacial score (nSPS) is 11.6. The van der Waals surface area contributed by atoms with E-state index in [9.17, 15) is 13.2 Å². The second kappa shape index (κ2) is 7.74. The molecule has 3 aromatic rings. The molecule has 0 spiro atoms. The van der Waals surface area contributed by atoms with Gasteiger partial charge in [0.15, 0.2) is 6.61 Å². The lowest BCUT2D eigenvalue weighted by Gasteiger charge is -2.02.